The lowest BCUT2D eigenvalue weighted by Gasteiger charge is -2.07. The van der Waals surface area contributed by atoms with Crippen molar-refractivity contribution in [3.05, 3.63) is 94.9 Å². The normalized spacial score (nSPS) is 11.6. The SMILES string of the molecule is O=C(N/N=C/c1ccc(CNS(=O)(=O)c2ccc(Br)cc2)o1)C(=O)Nc1cccc2ccccc12. The average molecular weight is 555 g/mol. The molecular weight excluding hydrogens is 536 g/mol. The van der Waals surface area contributed by atoms with Gasteiger partial charge in [0, 0.05) is 15.5 Å². The van der Waals surface area contributed by atoms with Crippen molar-refractivity contribution in [2.75, 3.05) is 5.32 Å². The van der Waals surface area contributed by atoms with E-state index in [0.717, 1.165) is 15.2 Å². The van der Waals surface area contributed by atoms with Gasteiger partial charge in [0.2, 0.25) is 10.0 Å². The van der Waals surface area contributed by atoms with Gasteiger partial charge in [-0.05, 0) is 47.9 Å². The van der Waals surface area contributed by atoms with Gasteiger partial charge < -0.3 is 9.73 Å². The number of furan rings is 1. The zero-order chi connectivity index (χ0) is 24.8. The zero-order valence-electron chi connectivity index (χ0n) is 18.1. The van der Waals surface area contributed by atoms with E-state index in [4.69, 9.17) is 4.42 Å². The summed E-state index contributed by atoms with van der Waals surface area (Å²) in [5.41, 5.74) is 2.64. The molecule has 178 valence electrons. The van der Waals surface area contributed by atoms with Crippen molar-refractivity contribution in [2.45, 2.75) is 11.4 Å². The molecule has 11 heteroatoms. The van der Waals surface area contributed by atoms with Crippen LogP contribution in [-0.4, -0.2) is 26.4 Å². The number of sulfonamides is 1. The molecule has 3 aromatic carbocycles. The smallest absolute Gasteiger partial charge is 0.329 e. The Morgan fingerprint density at radius 2 is 1.66 bits per heavy atom. The first-order valence-corrected chi connectivity index (χ1v) is 12.6. The molecule has 0 spiro atoms. The molecule has 0 aliphatic rings. The van der Waals surface area contributed by atoms with Crippen molar-refractivity contribution >= 4 is 60.4 Å². The first-order valence-electron chi connectivity index (χ1n) is 10.3. The molecule has 1 heterocycles. The Hall–Kier alpha value is -3.80. The molecule has 3 N–H and O–H groups in total. The van der Waals surface area contributed by atoms with E-state index in [1.54, 1.807) is 36.4 Å². The highest BCUT2D eigenvalue weighted by molar-refractivity contribution is 9.10. The number of anilines is 1. The molecule has 0 aliphatic carbocycles. The van der Waals surface area contributed by atoms with Crippen LogP contribution >= 0.6 is 15.9 Å². The van der Waals surface area contributed by atoms with E-state index in [1.807, 2.05) is 30.3 Å². The average Bonchev–Trinajstić information content (AvgIpc) is 3.31. The summed E-state index contributed by atoms with van der Waals surface area (Å²) in [5, 5.41) is 8.02. The van der Waals surface area contributed by atoms with Crippen LogP contribution in [0.4, 0.5) is 5.69 Å². The standard InChI is InChI=1S/C24H19BrN4O5S/c25-17-8-12-20(13-9-17)35(32,33)27-15-19-11-10-18(34-19)14-26-29-24(31)23(30)28-22-7-3-5-16-4-1-2-6-21(16)22/h1-14,27H,15H2,(H,28,30)(H,29,31)/b26-14+. The monoisotopic (exact) mass is 554 g/mol. The van der Waals surface area contributed by atoms with Gasteiger partial charge in [-0.2, -0.15) is 5.10 Å². The van der Waals surface area contributed by atoms with Crippen LogP contribution in [0.5, 0.6) is 0 Å². The van der Waals surface area contributed by atoms with E-state index in [9.17, 15) is 18.0 Å². The number of nitrogens with one attached hydrogen (secondary N) is 3. The summed E-state index contributed by atoms with van der Waals surface area (Å²) < 4.78 is 33.4. The predicted octanol–water partition coefficient (Wildman–Crippen LogP) is 3.76. The fraction of sp³-hybridized carbons (Fsp3) is 0.0417. The summed E-state index contributed by atoms with van der Waals surface area (Å²) in [7, 11) is -3.71. The maximum absolute atomic E-state index is 12.4. The van der Waals surface area contributed by atoms with E-state index in [1.165, 1.54) is 18.3 Å². The van der Waals surface area contributed by atoms with Crippen molar-refractivity contribution < 1.29 is 22.4 Å². The number of nitrogens with zero attached hydrogens (tertiary/aromatic N) is 1. The van der Waals surface area contributed by atoms with E-state index >= 15 is 0 Å². The Morgan fingerprint density at radius 1 is 0.914 bits per heavy atom. The molecule has 35 heavy (non-hydrogen) atoms. The van der Waals surface area contributed by atoms with Gasteiger partial charge in [0.1, 0.15) is 11.5 Å². The largest absolute Gasteiger partial charge is 0.459 e. The summed E-state index contributed by atoms with van der Waals surface area (Å²) in [5.74, 6) is -1.23. The molecule has 0 radical (unpaired) electrons. The zero-order valence-corrected chi connectivity index (χ0v) is 20.5. The third kappa shape index (κ3) is 6.21. The third-order valence-electron chi connectivity index (χ3n) is 4.84. The fourth-order valence-electron chi connectivity index (χ4n) is 3.14. The number of hydrazone groups is 1. The summed E-state index contributed by atoms with van der Waals surface area (Å²) in [6.07, 6.45) is 1.20. The highest BCUT2D eigenvalue weighted by Crippen LogP contribution is 2.22. The van der Waals surface area contributed by atoms with Crippen LogP contribution < -0.4 is 15.5 Å². The molecule has 0 fully saturated rings. The minimum Gasteiger partial charge on any atom is -0.459 e. The molecule has 1 aromatic heterocycles. The minimum absolute atomic E-state index is 0.0773. The van der Waals surface area contributed by atoms with Crippen LogP contribution in [-0.2, 0) is 26.2 Å². The van der Waals surface area contributed by atoms with Crippen molar-refractivity contribution in [2.24, 2.45) is 5.10 Å². The van der Waals surface area contributed by atoms with Crippen molar-refractivity contribution in [1.29, 1.82) is 0 Å². The van der Waals surface area contributed by atoms with Gasteiger partial charge in [0.15, 0.2) is 0 Å². The van der Waals surface area contributed by atoms with E-state index in [2.05, 4.69) is 36.5 Å². The molecule has 0 unspecified atom stereocenters. The quantitative estimate of drug-likeness (QED) is 0.182. The maximum Gasteiger partial charge on any atom is 0.329 e. The molecule has 4 rings (SSSR count). The number of amides is 2. The fourth-order valence-corrected chi connectivity index (χ4v) is 4.40. The Kier molecular flexibility index (Phi) is 7.39. The first-order chi connectivity index (χ1) is 16.8. The third-order valence-corrected chi connectivity index (χ3v) is 6.79. The van der Waals surface area contributed by atoms with Gasteiger partial charge in [-0.15, -0.1) is 0 Å². The molecular formula is C24H19BrN4O5S. The lowest BCUT2D eigenvalue weighted by Crippen LogP contribution is -2.32. The van der Waals surface area contributed by atoms with Crippen LogP contribution in [0.2, 0.25) is 0 Å². The Labute approximate surface area is 209 Å². The Bertz CT molecular complexity index is 1510. The molecule has 4 aromatic rings. The Balaban J connectivity index is 1.30. The molecule has 0 atom stereocenters. The number of halogens is 1. The number of carbonyl (C=O) groups excluding carboxylic acids is 2. The van der Waals surface area contributed by atoms with Crippen LogP contribution in [0.15, 0.2) is 97.7 Å². The lowest BCUT2D eigenvalue weighted by molar-refractivity contribution is -0.136. The summed E-state index contributed by atoms with van der Waals surface area (Å²) in [6, 6.07) is 22.2. The second-order valence-electron chi connectivity index (χ2n) is 7.26. The van der Waals surface area contributed by atoms with Crippen LogP contribution in [0.25, 0.3) is 10.8 Å². The van der Waals surface area contributed by atoms with Gasteiger partial charge in [-0.1, -0.05) is 52.3 Å². The molecule has 9 nitrogen and oxygen atoms in total. The second kappa shape index (κ2) is 10.6. The topological polar surface area (TPSA) is 130 Å². The van der Waals surface area contributed by atoms with Gasteiger partial charge in [0.25, 0.3) is 0 Å². The second-order valence-corrected chi connectivity index (χ2v) is 9.95. The van der Waals surface area contributed by atoms with E-state index in [-0.39, 0.29) is 17.2 Å². The van der Waals surface area contributed by atoms with Gasteiger partial charge >= 0.3 is 11.8 Å². The first kappa shape index (κ1) is 24.3. The van der Waals surface area contributed by atoms with Crippen molar-refractivity contribution in [3.63, 3.8) is 0 Å². The van der Waals surface area contributed by atoms with Crippen molar-refractivity contribution in [1.82, 2.24) is 10.1 Å². The molecule has 2 amide bonds. The van der Waals surface area contributed by atoms with Gasteiger partial charge in [0.05, 0.1) is 17.7 Å². The summed E-state index contributed by atoms with van der Waals surface area (Å²) in [4.78, 5) is 24.5. The van der Waals surface area contributed by atoms with Crippen molar-refractivity contribution in [3.8, 4) is 0 Å². The lowest BCUT2D eigenvalue weighted by atomic mass is 10.1. The van der Waals surface area contributed by atoms with Crippen LogP contribution in [0, 0.1) is 0 Å². The highest BCUT2D eigenvalue weighted by atomic mass is 79.9. The number of hydrogen-bond donors (Lipinski definition) is 3. The number of fused-ring (bicyclic) bond motifs is 1. The Morgan fingerprint density at radius 3 is 2.46 bits per heavy atom. The van der Waals surface area contributed by atoms with Crippen LogP contribution in [0.1, 0.15) is 11.5 Å². The molecule has 0 aliphatic heterocycles. The molecule has 0 saturated heterocycles. The van der Waals surface area contributed by atoms with E-state index < -0.39 is 21.8 Å². The summed E-state index contributed by atoms with van der Waals surface area (Å²) >= 11 is 3.26. The predicted molar refractivity (Wildman–Crippen MR) is 135 cm³/mol. The van der Waals surface area contributed by atoms with Gasteiger partial charge in [-0.25, -0.2) is 18.6 Å². The minimum atomic E-state index is -3.71. The van der Waals surface area contributed by atoms with Crippen LogP contribution in [0.3, 0.4) is 0 Å². The number of carbonyl (C=O) groups is 2. The van der Waals surface area contributed by atoms with Gasteiger partial charge in [-0.3, -0.25) is 9.59 Å². The highest BCUT2D eigenvalue weighted by Gasteiger charge is 2.15. The maximum atomic E-state index is 12.4. The number of benzene rings is 3. The number of rotatable bonds is 7. The number of hydrogen-bond acceptors (Lipinski definition) is 6. The summed E-state index contributed by atoms with van der Waals surface area (Å²) in [6.45, 7) is -0.0773. The molecule has 0 bridgehead atoms. The molecule has 0 saturated carbocycles. The van der Waals surface area contributed by atoms with E-state index in [0.29, 0.717) is 11.4 Å².